The summed E-state index contributed by atoms with van der Waals surface area (Å²) in [7, 11) is 0. The van der Waals surface area contributed by atoms with E-state index < -0.39 is 0 Å². The fraction of sp³-hybridized carbons (Fsp3) is 1.00. The van der Waals surface area contributed by atoms with E-state index >= 15 is 0 Å². The van der Waals surface area contributed by atoms with Crippen LogP contribution < -0.4 is 5.32 Å². The lowest BCUT2D eigenvalue weighted by atomic mass is 10.2. The van der Waals surface area contributed by atoms with Gasteiger partial charge in [-0.15, -0.1) is 0 Å². The van der Waals surface area contributed by atoms with Crippen molar-refractivity contribution in [3.05, 3.63) is 0 Å². The first kappa shape index (κ1) is 13.0. The minimum Gasteiger partial charge on any atom is -0.317 e. The van der Waals surface area contributed by atoms with Crippen molar-refractivity contribution >= 4 is 0 Å². The summed E-state index contributed by atoms with van der Waals surface area (Å²) in [6, 6.07) is 0.750. The molecule has 1 aliphatic carbocycles. The molecule has 1 fully saturated rings. The Kier molecular flexibility index (Phi) is 6.26. The number of hydrogen-bond acceptors (Lipinski definition) is 2. The second-order valence-electron chi connectivity index (χ2n) is 4.92. The number of nitrogens with one attached hydrogen (secondary N) is 1. The minimum atomic E-state index is 0.750. The Hall–Kier alpha value is -0.0800. The van der Waals surface area contributed by atoms with Gasteiger partial charge in [0.05, 0.1) is 0 Å². The van der Waals surface area contributed by atoms with Gasteiger partial charge >= 0.3 is 0 Å². The van der Waals surface area contributed by atoms with Crippen LogP contribution in [0.1, 0.15) is 46.5 Å². The van der Waals surface area contributed by atoms with Crippen molar-refractivity contribution in [2.24, 2.45) is 5.92 Å². The Bertz CT molecular complexity index is 155. The predicted molar refractivity (Wildman–Crippen MR) is 67.2 cm³/mol. The fourth-order valence-corrected chi connectivity index (χ4v) is 2.05. The van der Waals surface area contributed by atoms with Crippen molar-refractivity contribution in [1.29, 1.82) is 0 Å². The molecule has 0 aliphatic heterocycles. The quantitative estimate of drug-likeness (QED) is 0.591. The van der Waals surface area contributed by atoms with Gasteiger partial charge in [0.15, 0.2) is 0 Å². The van der Waals surface area contributed by atoms with Crippen LogP contribution in [-0.4, -0.2) is 37.1 Å². The largest absolute Gasteiger partial charge is 0.317 e. The molecule has 0 amide bonds. The molecule has 0 heterocycles. The van der Waals surface area contributed by atoms with E-state index in [9.17, 15) is 0 Å². The summed E-state index contributed by atoms with van der Waals surface area (Å²) in [4.78, 5) is 2.64. The molecule has 1 aliphatic rings. The summed E-state index contributed by atoms with van der Waals surface area (Å²) in [5, 5.41) is 3.49. The third-order valence-electron chi connectivity index (χ3n) is 3.38. The molecule has 15 heavy (non-hydrogen) atoms. The molecule has 0 saturated heterocycles. The molecule has 1 saturated carbocycles. The third-order valence-corrected chi connectivity index (χ3v) is 3.38. The average molecular weight is 212 g/mol. The first-order valence-corrected chi connectivity index (χ1v) is 6.72. The number of rotatable bonds is 9. The lowest BCUT2D eigenvalue weighted by Gasteiger charge is -2.28. The van der Waals surface area contributed by atoms with Gasteiger partial charge in [0.25, 0.3) is 0 Å². The molecular weight excluding hydrogens is 184 g/mol. The number of nitrogens with zero attached hydrogens (tertiary/aromatic N) is 1. The topological polar surface area (TPSA) is 15.3 Å². The standard InChI is InChI=1S/C13H28N2/c1-4-9-14-10-8-12(3)15(5-2)11-13-6-7-13/h12-14H,4-11H2,1-3H3. The molecule has 1 atom stereocenters. The Morgan fingerprint density at radius 2 is 2.00 bits per heavy atom. The highest BCUT2D eigenvalue weighted by Gasteiger charge is 2.25. The van der Waals surface area contributed by atoms with Crippen LogP contribution in [0.5, 0.6) is 0 Å². The molecule has 1 unspecified atom stereocenters. The van der Waals surface area contributed by atoms with Crippen LogP contribution >= 0.6 is 0 Å². The predicted octanol–water partition coefficient (Wildman–Crippen LogP) is 2.50. The summed E-state index contributed by atoms with van der Waals surface area (Å²) >= 11 is 0. The van der Waals surface area contributed by atoms with Crippen molar-refractivity contribution in [2.75, 3.05) is 26.2 Å². The maximum Gasteiger partial charge on any atom is 0.00790 e. The van der Waals surface area contributed by atoms with Crippen molar-refractivity contribution in [1.82, 2.24) is 10.2 Å². The van der Waals surface area contributed by atoms with Gasteiger partial charge in [-0.3, -0.25) is 0 Å². The van der Waals surface area contributed by atoms with Crippen molar-refractivity contribution in [3.8, 4) is 0 Å². The van der Waals surface area contributed by atoms with E-state index in [-0.39, 0.29) is 0 Å². The van der Waals surface area contributed by atoms with E-state index in [1.807, 2.05) is 0 Å². The minimum absolute atomic E-state index is 0.750. The maximum atomic E-state index is 3.49. The maximum absolute atomic E-state index is 3.49. The van der Waals surface area contributed by atoms with E-state index in [0.717, 1.165) is 12.0 Å². The second-order valence-corrected chi connectivity index (χ2v) is 4.92. The molecule has 1 rings (SSSR count). The van der Waals surface area contributed by atoms with Crippen LogP contribution in [0.15, 0.2) is 0 Å². The number of hydrogen-bond donors (Lipinski definition) is 1. The van der Waals surface area contributed by atoms with Gasteiger partial charge in [-0.2, -0.15) is 0 Å². The summed E-state index contributed by atoms with van der Waals surface area (Å²) in [6.45, 7) is 11.8. The van der Waals surface area contributed by atoms with Crippen molar-refractivity contribution in [2.45, 2.75) is 52.5 Å². The van der Waals surface area contributed by atoms with E-state index in [1.54, 1.807) is 0 Å². The van der Waals surface area contributed by atoms with Crippen molar-refractivity contribution in [3.63, 3.8) is 0 Å². The zero-order valence-corrected chi connectivity index (χ0v) is 10.8. The summed E-state index contributed by atoms with van der Waals surface area (Å²) in [5.74, 6) is 1.02. The Labute approximate surface area is 95.4 Å². The van der Waals surface area contributed by atoms with Gasteiger partial charge in [0.1, 0.15) is 0 Å². The van der Waals surface area contributed by atoms with Gasteiger partial charge in [0.2, 0.25) is 0 Å². The molecule has 0 spiro atoms. The fourth-order valence-electron chi connectivity index (χ4n) is 2.05. The lowest BCUT2D eigenvalue weighted by molar-refractivity contribution is 0.200. The Morgan fingerprint density at radius 1 is 1.27 bits per heavy atom. The highest BCUT2D eigenvalue weighted by Crippen LogP contribution is 2.30. The van der Waals surface area contributed by atoms with E-state index in [1.165, 1.54) is 51.9 Å². The first-order valence-electron chi connectivity index (χ1n) is 6.72. The van der Waals surface area contributed by atoms with E-state index in [0.29, 0.717) is 0 Å². The molecule has 2 heteroatoms. The normalized spacial score (nSPS) is 18.4. The molecule has 0 aromatic carbocycles. The summed E-state index contributed by atoms with van der Waals surface area (Å²) in [5.41, 5.74) is 0. The molecule has 0 aromatic rings. The van der Waals surface area contributed by atoms with Crippen molar-refractivity contribution < 1.29 is 0 Å². The van der Waals surface area contributed by atoms with Crippen LogP contribution in [0.4, 0.5) is 0 Å². The monoisotopic (exact) mass is 212 g/mol. The molecule has 90 valence electrons. The van der Waals surface area contributed by atoms with Gasteiger partial charge in [-0.05, 0) is 58.2 Å². The van der Waals surface area contributed by atoms with Gasteiger partial charge in [-0.1, -0.05) is 13.8 Å². The highest BCUT2D eigenvalue weighted by molar-refractivity contribution is 4.79. The molecular formula is C13H28N2. The summed E-state index contributed by atoms with van der Waals surface area (Å²) < 4.78 is 0. The van der Waals surface area contributed by atoms with Crippen LogP contribution in [0.25, 0.3) is 0 Å². The van der Waals surface area contributed by atoms with Crippen LogP contribution in [-0.2, 0) is 0 Å². The molecule has 2 nitrogen and oxygen atoms in total. The Balaban J connectivity index is 2.08. The van der Waals surface area contributed by atoms with E-state index in [2.05, 4.69) is 31.0 Å². The van der Waals surface area contributed by atoms with Crippen LogP contribution in [0.2, 0.25) is 0 Å². The van der Waals surface area contributed by atoms with Crippen LogP contribution in [0.3, 0.4) is 0 Å². The SMILES string of the molecule is CCCNCCC(C)N(CC)CC1CC1. The molecule has 0 bridgehead atoms. The Morgan fingerprint density at radius 3 is 2.53 bits per heavy atom. The average Bonchev–Trinajstić information content (AvgIpc) is 3.04. The third kappa shape index (κ3) is 5.53. The smallest absolute Gasteiger partial charge is 0.00790 e. The molecule has 0 radical (unpaired) electrons. The van der Waals surface area contributed by atoms with Crippen LogP contribution in [0, 0.1) is 5.92 Å². The molecule has 1 N–H and O–H groups in total. The zero-order chi connectivity index (χ0) is 11.1. The summed E-state index contributed by atoms with van der Waals surface area (Å²) in [6.07, 6.45) is 5.48. The van der Waals surface area contributed by atoms with E-state index in [4.69, 9.17) is 0 Å². The van der Waals surface area contributed by atoms with Gasteiger partial charge in [-0.25, -0.2) is 0 Å². The van der Waals surface area contributed by atoms with Gasteiger partial charge in [0, 0.05) is 12.6 Å². The van der Waals surface area contributed by atoms with Gasteiger partial charge < -0.3 is 10.2 Å². The highest BCUT2D eigenvalue weighted by atomic mass is 15.1. The first-order chi connectivity index (χ1) is 7.27. The second kappa shape index (κ2) is 7.24. The lowest BCUT2D eigenvalue weighted by Crippen LogP contribution is -2.36. The molecule has 0 aromatic heterocycles. The zero-order valence-electron chi connectivity index (χ0n) is 10.8.